The highest BCUT2D eigenvalue weighted by Gasteiger charge is 2.22. The summed E-state index contributed by atoms with van der Waals surface area (Å²) in [5, 5.41) is 2.97. The minimum absolute atomic E-state index is 0.125. The van der Waals surface area contributed by atoms with E-state index in [2.05, 4.69) is 5.32 Å². The van der Waals surface area contributed by atoms with Crippen LogP contribution in [0.5, 0.6) is 0 Å². The van der Waals surface area contributed by atoms with Gasteiger partial charge < -0.3 is 5.32 Å². The van der Waals surface area contributed by atoms with Crippen LogP contribution in [0.3, 0.4) is 0 Å². The maximum atomic E-state index is 13.4. The number of fused-ring (bicyclic) bond motifs is 1. The Hall–Kier alpha value is -2.07. The second kappa shape index (κ2) is 6.79. The van der Waals surface area contributed by atoms with Crippen molar-refractivity contribution in [2.75, 3.05) is 5.75 Å². The summed E-state index contributed by atoms with van der Waals surface area (Å²) in [7, 11) is 0. The molecule has 2 nitrogen and oxygen atoms in total. The van der Waals surface area contributed by atoms with Gasteiger partial charge >= 0.3 is 0 Å². The monoisotopic (exact) mass is 313 g/mol. The van der Waals surface area contributed by atoms with Crippen LogP contribution in [0.4, 0.5) is 4.39 Å². The highest BCUT2D eigenvalue weighted by atomic mass is 32.2. The Morgan fingerprint density at radius 3 is 2.86 bits per heavy atom. The molecule has 0 aliphatic carbocycles. The molecule has 0 saturated heterocycles. The van der Waals surface area contributed by atoms with E-state index in [0.29, 0.717) is 0 Å². The smallest absolute Gasteiger partial charge is 0.244 e. The lowest BCUT2D eigenvalue weighted by Gasteiger charge is -2.25. The molecule has 2 aromatic rings. The molecule has 1 aliphatic heterocycles. The number of hydrogen-bond donors (Lipinski definition) is 1. The Balaban J connectivity index is 1.70. The van der Waals surface area contributed by atoms with Crippen LogP contribution in [0, 0.1) is 5.82 Å². The Labute approximate surface area is 133 Å². The van der Waals surface area contributed by atoms with Gasteiger partial charge in [0.25, 0.3) is 0 Å². The third-order valence-electron chi connectivity index (χ3n) is 3.55. The van der Waals surface area contributed by atoms with Crippen molar-refractivity contribution in [3.8, 4) is 0 Å². The van der Waals surface area contributed by atoms with Gasteiger partial charge in [0.05, 0.1) is 6.04 Å². The Morgan fingerprint density at radius 2 is 2.05 bits per heavy atom. The second-order valence-electron chi connectivity index (χ2n) is 5.12. The van der Waals surface area contributed by atoms with Gasteiger partial charge in [-0.2, -0.15) is 0 Å². The molecule has 1 atom stereocenters. The standard InChI is InChI=1S/C18H16FNOS/c19-14-7-8-17-15(12-14)16(10-11-22-17)20-18(21)9-6-13-4-2-1-3-5-13/h1-9,12,16H,10-11H2,(H,20,21)/b9-6+/t16-/m1/s1. The molecule has 0 aromatic heterocycles. The van der Waals surface area contributed by atoms with E-state index in [4.69, 9.17) is 0 Å². The summed E-state index contributed by atoms with van der Waals surface area (Å²) in [6.45, 7) is 0. The van der Waals surface area contributed by atoms with Gasteiger partial charge in [0.1, 0.15) is 5.82 Å². The van der Waals surface area contributed by atoms with E-state index in [1.807, 2.05) is 30.3 Å². The minimum atomic E-state index is -0.264. The molecule has 0 fully saturated rings. The first-order chi connectivity index (χ1) is 10.7. The van der Waals surface area contributed by atoms with Gasteiger partial charge in [-0.05, 0) is 41.8 Å². The topological polar surface area (TPSA) is 29.1 Å². The summed E-state index contributed by atoms with van der Waals surface area (Å²) in [6, 6.07) is 14.3. The van der Waals surface area contributed by atoms with Gasteiger partial charge in [0.2, 0.25) is 5.91 Å². The lowest BCUT2D eigenvalue weighted by atomic mass is 10.0. The molecule has 22 heavy (non-hydrogen) atoms. The Morgan fingerprint density at radius 1 is 1.23 bits per heavy atom. The molecule has 1 aliphatic rings. The molecular weight excluding hydrogens is 297 g/mol. The molecular formula is C18H16FNOS. The van der Waals surface area contributed by atoms with Gasteiger partial charge in [0.15, 0.2) is 0 Å². The van der Waals surface area contributed by atoms with E-state index < -0.39 is 0 Å². The summed E-state index contributed by atoms with van der Waals surface area (Å²) in [6.07, 6.45) is 4.11. The first kappa shape index (κ1) is 14.9. The molecule has 0 saturated carbocycles. The summed E-state index contributed by atoms with van der Waals surface area (Å²) in [5.74, 6) is 0.502. The third kappa shape index (κ3) is 3.57. The fourth-order valence-electron chi connectivity index (χ4n) is 2.47. The summed E-state index contributed by atoms with van der Waals surface area (Å²) >= 11 is 1.70. The largest absolute Gasteiger partial charge is 0.346 e. The predicted octanol–water partition coefficient (Wildman–Crippen LogP) is 4.19. The van der Waals surface area contributed by atoms with Crippen molar-refractivity contribution in [1.82, 2.24) is 5.32 Å². The van der Waals surface area contributed by atoms with Crippen LogP contribution in [0.25, 0.3) is 6.08 Å². The zero-order valence-electron chi connectivity index (χ0n) is 12.0. The van der Waals surface area contributed by atoms with Crippen molar-refractivity contribution in [3.05, 3.63) is 71.6 Å². The average molecular weight is 313 g/mol. The van der Waals surface area contributed by atoms with E-state index in [-0.39, 0.29) is 17.8 Å². The zero-order valence-corrected chi connectivity index (χ0v) is 12.8. The Kier molecular flexibility index (Phi) is 4.59. The summed E-state index contributed by atoms with van der Waals surface area (Å²) in [4.78, 5) is 13.1. The fourth-order valence-corrected chi connectivity index (χ4v) is 3.58. The number of carbonyl (C=O) groups is 1. The van der Waals surface area contributed by atoms with Crippen LogP contribution in [0.15, 0.2) is 59.5 Å². The van der Waals surface area contributed by atoms with Crippen molar-refractivity contribution in [2.45, 2.75) is 17.4 Å². The maximum Gasteiger partial charge on any atom is 0.244 e. The molecule has 4 heteroatoms. The van der Waals surface area contributed by atoms with Crippen LogP contribution in [0.2, 0.25) is 0 Å². The van der Waals surface area contributed by atoms with Gasteiger partial charge in [0, 0.05) is 16.7 Å². The lowest BCUT2D eigenvalue weighted by Crippen LogP contribution is -2.29. The van der Waals surface area contributed by atoms with E-state index in [1.165, 1.54) is 18.2 Å². The first-order valence-electron chi connectivity index (χ1n) is 7.18. The number of amides is 1. The molecule has 0 bridgehead atoms. The number of hydrogen-bond acceptors (Lipinski definition) is 2. The fraction of sp³-hybridized carbons (Fsp3) is 0.167. The highest BCUT2D eigenvalue weighted by molar-refractivity contribution is 7.99. The third-order valence-corrected chi connectivity index (χ3v) is 4.68. The second-order valence-corrected chi connectivity index (χ2v) is 6.26. The lowest BCUT2D eigenvalue weighted by molar-refractivity contribution is -0.117. The average Bonchev–Trinajstić information content (AvgIpc) is 2.54. The van der Waals surface area contributed by atoms with Crippen LogP contribution < -0.4 is 5.32 Å². The molecule has 1 amide bonds. The van der Waals surface area contributed by atoms with Crippen LogP contribution >= 0.6 is 11.8 Å². The zero-order chi connectivity index (χ0) is 15.4. The Bertz CT molecular complexity index is 699. The number of halogens is 1. The molecule has 2 aromatic carbocycles. The van der Waals surface area contributed by atoms with Crippen molar-refractivity contribution in [1.29, 1.82) is 0 Å². The van der Waals surface area contributed by atoms with Crippen molar-refractivity contribution in [2.24, 2.45) is 0 Å². The number of nitrogens with one attached hydrogen (secondary N) is 1. The van der Waals surface area contributed by atoms with Crippen LogP contribution in [0.1, 0.15) is 23.6 Å². The molecule has 0 radical (unpaired) electrons. The van der Waals surface area contributed by atoms with Crippen molar-refractivity contribution in [3.63, 3.8) is 0 Å². The summed E-state index contributed by atoms with van der Waals surface area (Å²) in [5.41, 5.74) is 1.85. The number of carbonyl (C=O) groups excluding carboxylic acids is 1. The first-order valence-corrected chi connectivity index (χ1v) is 8.17. The predicted molar refractivity (Wildman–Crippen MR) is 88.1 cm³/mol. The van der Waals surface area contributed by atoms with E-state index in [0.717, 1.165) is 28.2 Å². The molecule has 1 N–H and O–H groups in total. The quantitative estimate of drug-likeness (QED) is 0.861. The minimum Gasteiger partial charge on any atom is -0.346 e. The highest BCUT2D eigenvalue weighted by Crippen LogP contribution is 2.36. The SMILES string of the molecule is O=C(/C=C/c1ccccc1)N[C@@H]1CCSc2ccc(F)cc21. The van der Waals surface area contributed by atoms with Gasteiger partial charge in [-0.3, -0.25) is 4.79 Å². The molecule has 112 valence electrons. The summed E-state index contributed by atoms with van der Waals surface area (Å²) < 4.78 is 13.4. The van der Waals surface area contributed by atoms with Crippen LogP contribution in [-0.4, -0.2) is 11.7 Å². The van der Waals surface area contributed by atoms with Crippen LogP contribution in [-0.2, 0) is 4.79 Å². The normalized spacial score (nSPS) is 17.2. The van der Waals surface area contributed by atoms with Crippen molar-refractivity contribution < 1.29 is 9.18 Å². The maximum absolute atomic E-state index is 13.4. The van der Waals surface area contributed by atoms with E-state index in [1.54, 1.807) is 23.9 Å². The van der Waals surface area contributed by atoms with Gasteiger partial charge in [-0.1, -0.05) is 30.3 Å². The van der Waals surface area contributed by atoms with E-state index in [9.17, 15) is 9.18 Å². The molecule has 0 unspecified atom stereocenters. The molecule has 3 rings (SSSR count). The van der Waals surface area contributed by atoms with Gasteiger partial charge in [-0.25, -0.2) is 4.39 Å². The number of thioether (sulfide) groups is 1. The van der Waals surface area contributed by atoms with E-state index >= 15 is 0 Å². The number of rotatable bonds is 3. The molecule has 0 spiro atoms. The number of benzene rings is 2. The molecule has 1 heterocycles. The van der Waals surface area contributed by atoms with Crippen molar-refractivity contribution >= 4 is 23.7 Å². The van der Waals surface area contributed by atoms with Gasteiger partial charge in [-0.15, -0.1) is 11.8 Å².